The Kier molecular flexibility index (Phi) is 8.87. The molecule has 0 spiro atoms. The summed E-state index contributed by atoms with van der Waals surface area (Å²) < 4.78 is 28.2. The van der Waals surface area contributed by atoms with Gasteiger partial charge >= 0.3 is 5.97 Å². The SMILES string of the molecule is COc1cc(/C=C/C(=O)OCC(=O)NCCc2ccc(F)cc2)ccc1OCC#N. The van der Waals surface area contributed by atoms with Crippen molar-refractivity contribution in [3.63, 3.8) is 0 Å². The number of halogens is 1. The number of carbonyl (C=O) groups excluding carboxylic acids is 2. The van der Waals surface area contributed by atoms with Crippen LogP contribution in [0.2, 0.25) is 0 Å². The molecule has 0 aliphatic carbocycles. The molecule has 1 amide bonds. The van der Waals surface area contributed by atoms with E-state index >= 15 is 0 Å². The molecule has 8 heteroatoms. The summed E-state index contributed by atoms with van der Waals surface area (Å²) in [6.07, 6.45) is 3.23. The zero-order valence-corrected chi connectivity index (χ0v) is 16.4. The second kappa shape index (κ2) is 11.9. The van der Waals surface area contributed by atoms with E-state index in [-0.39, 0.29) is 12.4 Å². The van der Waals surface area contributed by atoms with Crippen molar-refractivity contribution in [1.29, 1.82) is 5.26 Å². The lowest BCUT2D eigenvalue weighted by molar-refractivity contribution is -0.143. The monoisotopic (exact) mass is 412 g/mol. The van der Waals surface area contributed by atoms with Crippen LogP contribution in [0.3, 0.4) is 0 Å². The van der Waals surface area contributed by atoms with Crippen LogP contribution in [-0.2, 0) is 20.7 Å². The van der Waals surface area contributed by atoms with E-state index in [0.717, 1.165) is 5.56 Å². The average molecular weight is 412 g/mol. The number of methoxy groups -OCH3 is 1. The van der Waals surface area contributed by atoms with Crippen LogP contribution in [0.5, 0.6) is 11.5 Å². The number of carbonyl (C=O) groups is 2. The van der Waals surface area contributed by atoms with Gasteiger partial charge in [-0.05, 0) is 47.9 Å². The van der Waals surface area contributed by atoms with Crippen molar-refractivity contribution in [2.24, 2.45) is 0 Å². The first-order valence-corrected chi connectivity index (χ1v) is 9.05. The number of nitrogens with one attached hydrogen (secondary N) is 1. The smallest absolute Gasteiger partial charge is 0.331 e. The molecular weight excluding hydrogens is 391 g/mol. The first kappa shape index (κ1) is 22.4. The fourth-order valence-corrected chi connectivity index (χ4v) is 2.41. The third kappa shape index (κ3) is 7.64. The highest BCUT2D eigenvalue weighted by atomic mass is 19.1. The van der Waals surface area contributed by atoms with Crippen molar-refractivity contribution in [2.75, 3.05) is 26.9 Å². The molecule has 156 valence electrons. The summed E-state index contributed by atoms with van der Waals surface area (Å²) in [4.78, 5) is 23.5. The Balaban J connectivity index is 1.75. The number of benzene rings is 2. The molecule has 0 fully saturated rings. The van der Waals surface area contributed by atoms with E-state index in [2.05, 4.69) is 5.32 Å². The van der Waals surface area contributed by atoms with Gasteiger partial charge in [0.15, 0.2) is 24.7 Å². The third-order valence-electron chi connectivity index (χ3n) is 3.89. The van der Waals surface area contributed by atoms with E-state index in [0.29, 0.717) is 30.0 Å². The highest BCUT2D eigenvalue weighted by molar-refractivity contribution is 5.89. The Labute approximate surface area is 173 Å². The van der Waals surface area contributed by atoms with Gasteiger partial charge in [-0.25, -0.2) is 9.18 Å². The summed E-state index contributed by atoms with van der Waals surface area (Å²) in [5, 5.41) is 11.2. The number of rotatable bonds is 10. The Morgan fingerprint density at radius 2 is 1.93 bits per heavy atom. The van der Waals surface area contributed by atoms with Gasteiger partial charge in [0.1, 0.15) is 11.9 Å². The van der Waals surface area contributed by atoms with Gasteiger partial charge in [-0.3, -0.25) is 4.79 Å². The fourth-order valence-electron chi connectivity index (χ4n) is 2.41. The zero-order valence-electron chi connectivity index (χ0n) is 16.4. The average Bonchev–Trinajstić information content (AvgIpc) is 2.76. The molecule has 0 heterocycles. The molecule has 0 unspecified atom stereocenters. The van der Waals surface area contributed by atoms with E-state index in [4.69, 9.17) is 19.5 Å². The third-order valence-corrected chi connectivity index (χ3v) is 3.89. The van der Waals surface area contributed by atoms with Gasteiger partial charge in [0, 0.05) is 12.6 Å². The van der Waals surface area contributed by atoms with Crippen molar-refractivity contribution in [2.45, 2.75) is 6.42 Å². The van der Waals surface area contributed by atoms with Crippen molar-refractivity contribution in [1.82, 2.24) is 5.32 Å². The van der Waals surface area contributed by atoms with E-state index in [1.807, 2.05) is 6.07 Å². The summed E-state index contributed by atoms with van der Waals surface area (Å²) in [7, 11) is 1.46. The molecule has 30 heavy (non-hydrogen) atoms. The van der Waals surface area contributed by atoms with E-state index in [9.17, 15) is 14.0 Å². The van der Waals surface area contributed by atoms with E-state index < -0.39 is 18.5 Å². The minimum atomic E-state index is -0.674. The lowest BCUT2D eigenvalue weighted by atomic mass is 10.1. The lowest BCUT2D eigenvalue weighted by Crippen LogP contribution is -2.30. The number of ether oxygens (including phenoxy) is 3. The van der Waals surface area contributed by atoms with Gasteiger partial charge in [-0.2, -0.15) is 5.26 Å². The molecule has 7 nitrogen and oxygen atoms in total. The quantitative estimate of drug-likeness (QED) is 0.476. The molecule has 2 rings (SSSR count). The van der Waals surface area contributed by atoms with Crippen LogP contribution in [0.4, 0.5) is 4.39 Å². The zero-order chi connectivity index (χ0) is 21.8. The van der Waals surface area contributed by atoms with Crippen molar-refractivity contribution >= 4 is 18.0 Å². The lowest BCUT2D eigenvalue weighted by Gasteiger charge is -2.08. The fraction of sp³-hybridized carbons (Fsp3) is 0.227. The second-order valence-corrected chi connectivity index (χ2v) is 6.02. The van der Waals surface area contributed by atoms with Crippen LogP contribution >= 0.6 is 0 Å². The predicted octanol–water partition coefficient (Wildman–Crippen LogP) is 2.65. The molecule has 0 aromatic heterocycles. The number of nitrogens with zero attached hydrogens (tertiary/aromatic N) is 1. The first-order valence-electron chi connectivity index (χ1n) is 9.05. The first-order chi connectivity index (χ1) is 14.5. The number of amides is 1. The second-order valence-electron chi connectivity index (χ2n) is 6.02. The van der Waals surface area contributed by atoms with Gasteiger partial charge in [0.25, 0.3) is 5.91 Å². The molecule has 2 aromatic carbocycles. The van der Waals surface area contributed by atoms with Gasteiger partial charge < -0.3 is 19.5 Å². The molecule has 0 saturated heterocycles. The Hall–Kier alpha value is -3.86. The van der Waals surface area contributed by atoms with Gasteiger partial charge in [-0.1, -0.05) is 18.2 Å². The Morgan fingerprint density at radius 3 is 2.63 bits per heavy atom. The Bertz CT molecular complexity index is 936. The molecule has 0 atom stereocenters. The molecule has 1 N–H and O–H groups in total. The van der Waals surface area contributed by atoms with E-state index in [1.165, 1.54) is 31.4 Å². The molecule has 0 aliphatic heterocycles. The van der Waals surface area contributed by atoms with Gasteiger partial charge in [-0.15, -0.1) is 0 Å². The Morgan fingerprint density at radius 1 is 1.17 bits per heavy atom. The van der Waals surface area contributed by atoms with Crippen LogP contribution in [0, 0.1) is 17.1 Å². The van der Waals surface area contributed by atoms with Crippen LogP contribution in [0.15, 0.2) is 48.5 Å². The van der Waals surface area contributed by atoms with E-state index in [1.54, 1.807) is 30.3 Å². The minimum Gasteiger partial charge on any atom is -0.493 e. The number of hydrogen-bond acceptors (Lipinski definition) is 6. The van der Waals surface area contributed by atoms with Crippen molar-refractivity contribution in [3.8, 4) is 17.6 Å². The maximum Gasteiger partial charge on any atom is 0.331 e. The minimum absolute atomic E-state index is 0.107. The summed E-state index contributed by atoms with van der Waals surface area (Å²) in [5.41, 5.74) is 1.54. The van der Waals surface area contributed by atoms with Crippen LogP contribution in [-0.4, -0.2) is 38.7 Å². The highest BCUT2D eigenvalue weighted by Crippen LogP contribution is 2.28. The van der Waals surface area contributed by atoms with Crippen LogP contribution < -0.4 is 14.8 Å². The molecule has 0 saturated carbocycles. The molecule has 2 aromatic rings. The normalized spacial score (nSPS) is 10.3. The maximum absolute atomic E-state index is 12.8. The van der Waals surface area contributed by atoms with Crippen LogP contribution in [0.1, 0.15) is 11.1 Å². The highest BCUT2D eigenvalue weighted by Gasteiger charge is 2.07. The van der Waals surface area contributed by atoms with Gasteiger partial charge in [0.05, 0.1) is 7.11 Å². The summed E-state index contributed by atoms with van der Waals surface area (Å²) in [6, 6.07) is 12.8. The summed E-state index contributed by atoms with van der Waals surface area (Å²) in [6.45, 7) is -0.168. The maximum atomic E-state index is 12.8. The standard InChI is InChI=1S/C22H21FN2O5/c1-28-20-14-17(4-8-19(20)29-13-11-24)5-9-22(27)30-15-21(26)25-12-10-16-2-6-18(23)7-3-16/h2-9,14H,10,12-13,15H2,1H3,(H,25,26)/b9-5+. The van der Waals surface area contributed by atoms with Gasteiger partial charge in [0.2, 0.25) is 0 Å². The van der Waals surface area contributed by atoms with Crippen molar-refractivity contribution in [3.05, 3.63) is 65.5 Å². The molecule has 0 aliphatic rings. The largest absolute Gasteiger partial charge is 0.493 e. The number of nitriles is 1. The number of esters is 1. The molecule has 0 bridgehead atoms. The molecule has 0 radical (unpaired) electrons. The van der Waals surface area contributed by atoms with Crippen LogP contribution in [0.25, 0.3) is 6.08 Å². The predicted molar refractivity (Wildman–Crippen MR) is 107 cm³/mol. The summed E-state index contributed by atoms with van der Waals surface area (Å²) >= 11 is 0. The molecular formula is C22H21FN2O5. The summed E-state index contributed by atoms with van der Waals surface area (Å²) in [5.74, 6) is -0.589. The topological polar surface area (TPSA) is 97.7 Å². The number of hydrogen-bond donors (Lipinski definition) is 1. The van der Waals surface area contributed by atoms with Crippen molar-refractivity contribution < 1.29 is 28.2 Å².